The molecule has 0 fully saturated rings. The van der Waals surface area contributed by atoms with Gasteiger partial charge >= 0.3 is 81.7 Å². The Balaban J connectivity index is -0.0000000820. The van der Waals surface area contributed by atoms with Gasteiger partial charge in [0, 0.05) is 19.8 Å². The molecule has 0 aliphatic rings. The SMILES string of the molecule is CC(C)CO.CC(C)CO.CCN(CC(=O)[O-])S(=O)(=O)C(F)(F)C(F)(F)C(F)(F)C(F)(F)C(F)(F)C(F)(F)C(F)(F)C(F)(F)F.O.O.[Cl-].[Cl-].[Cl-].[Cl-].[Cr+3].[Cr+3].[OH-]. The summed E-state index contributed by atoms with van der Waals surface area (Å²) in [5.74, 6) is -54.1. The second kappa shape index (κ2) is 29.4. The van der Waals surface area contributed by atoms with Crippen LogP contribution in [0.1, 0.15) is 34.6 Å². The number of likely N-dealkylation sites (N-methyl/N-ethyl adjacent to an activating group) is 1. The van der Waals surface area contributed by atoms with E-state index in [0.29, 0.717) is 32.0 Å². The molecule has 0 saturated carbocycles. The van der Waals surface area contributed by atoms with Gasteiger partial charge in [0.05, 0.1) is 12.5 Å². The zero-order valence-corrected chi connectivity index (χ0v) is 33.5. The van der Waals surface area contributed by atoms with Crippen LogP contribution in [0.2, 0.25) is 0 Å². The molecule has 0 spiro atoms. The molecule has 0 amide bonds. The maximum absolute atomic E-state index is 13.8. The molecule has 0 aliphatic carbocycles. The number of carboxylic acid groups (broad SMARTS) is 1. The predicted octanol–water partition coefficient (Wildman–Crippen LogP) is -9.19. The minimum Gasteiger partial charge on any atom is -1.00 e. The molecule has 0 bridgehead atoms. The molecule has 0 saturated heterocycles. The first-order valence-electron chi connectivity index (χ1n) is 11.5. The number of hydrogen-bond acceptors (Lipinski definition) is 7. The molecule has 0 atom stereocenters. The summed E-state index contributed by atoms with van der Waals surface area (Å²) < 4.78 is 245. The standard InChI is InChI=1S/C12H8F17NO4S.2C4H10O.4ClH.2Cr.3H2O/c1-2-30(3-4(31)32)35(33,34)12(28,29)10(23,24)8(19,20)6(15,16)5(13,14)7(17,18)9(21,22)11(25,26)27;2*1-4(2)3-5;;;;;;;;;/h2-3H2,1H3,(H,31,32);2*4-5H,3H2,1-2H3;4*1H;;;3*1H2/q;;;;;;;2*+3;;;/p-6. The van der Waals surface area contributed by atoms with Gasteiger partial charge in [0.1, 0.15) is 0 Å². The maximum atomic E-state index is 13.8. The smallest absolute Gasteiger partial charge is 1.00 e. The van der Waals surface area contributed by atoms with Crippen LogP contribution < -0.4 is 54.7 Å². The number of carbonyl (C=O) groups excluding carboxylic acids is 1. The first-order valence-corrected chi connectivity index (χ1v) is 13.0. The number of alkyl halides is 17. The van der Waals surface area contributed by atoms with Crippen molar-refractivity contribution in [3.05, 3.63) is 0 Å². The van der Waals surface area contributed by atoms with E-state index in [9.17, 15) is 93.0 Å². The van der Waals surface area contributed by atoms with Crippen LogP contribution in [0.25, 0.3) is 0 Å². The molecule has 10 nitrogen and oxygen atoms in total. The Labute approximate surface area is 342 Å². The topological polar surface area (TPSA) is 211 Å². The third-order valence-electron chi connectivity index (χ3n) is 4.75. The molecule has 0 unspecified atom stereocenters. The summed E-state index contributed by atoms with van der Waals surface area (Å²) in [4.78, 5) is 10.3. The molecule has 0 rings (SSSR count). The number of carboxylic acids is 1. The Bertz CT molecular complexity index is 1080. The van der Waals surface area contributed by atoms with Crippen molar-refractivity contribution < 1.29 is 204 Å². The molecular formula is C20H32Cl4Cr2F17NO9S. The van der Waals surface area contributed by atoms with Crippen molar-refractivity contribution in [1.29, 1.82) is 0 Å². The van der Waals surface area contributed by atoms with Gasteiger partial charge < -0.3 is 86.2 Å². The number of nitrogens with zero attached hydrogens (tertiary/aromatic N) is 1. The Hall–Kier alpha value is 0.215. The van der Waals surface area contributed by atoms with Gasteiger partial charge in [-0.05, 0) is 11.8 Å². The molecule has 2 radical (unpaired) electrons. The van der Waals surface area contributed by atoms with Crippen molar-refractivity contribution in [1.82, 2.24) is 4.31 Å². The maximum Gasteiger partial charge on any atom is 3.00 e. The fourth-order valence-electron chi connectivity index (χ4n) is 1.98. The molecule has 0 aromatic carbocycles. The van der Waals surface area contributed by atoms with E-state index in [1.54, 1.807) is 0 Å². The van der Waals surface area contributed by atoms with E-state index in [4.69, 9.17) is 10.2 Å². The molecule has 0 aromatic heterocycles. The van der Waals surface area contributed by atoms with E-state index >= 15 is 0 Å². The van der Waals surface area contributed by atoms with Crippen LogP contribution in [0.5, 0.6) is 0 Å². The minimum absolute atomic E-state index is 0. The first kappa shape index (κ1) is 86.1. The van der Waals surface area contributed by atoms with Crippen LogP contribution in [0.4, 0.5) is 74.6 Å². The Morgan fingerprint density at radius 2 is 0.796 bits per heavy atom. The van der Waals surface area contributed by atoms with Crippen molar-refractivity contribution in [3.8, 4) is 0 Å². The largest absolute Gasteiger partial charge is 3.00 e. The van der Waals surface area contributed by atoms with E-state index < -0.39 is 80.4 Å². The van der Waals surface area contributed by atoms with Gasteiger partial charge in [-0.3, -0.25) is 0 Å². The normalized spacial score (nSPS) is 12.2. The number of hydrogen-bond donors (Lipinski definition) is 2. The number of carbonyl (C=O) groups is 1. The van der Waals surface area contributed by atoms with E-state index in [1.807, 2.05) is 27.7 Å². The molecule has 0 aliphatic heterocycles. The summed E-state index contributed by atoms with van der Waals surface area (Å²) in [6.07, 6.45) is -7.92. The zero-order chi connectivity index (χ0) is 37.6. The Morgan fingerprint density at radius 1 is 0.593 bits per heavy atom. The molecular weight excluding hydrogens is 999 g/mol. The summed E-state index contributed by atoms with van der Waals surface area (Å²) in [5, 5.41) is 18.8. The molecule has 34 heteroatoms. The summed E-state index contributed by atoms with van der Waals surface area (Å²) >= 11 is 0. The van der Waals surface area contributed by atoms with Gasteiger partial charge in [-0.2, -0.15) is 78.9 Å². The monoisotopic (exact) mass is 1030 g/mol. The Morgan fingerprint density at radius 3 is 0.963 bits per heavy atom. The van der Waals surface area contributed by atoms with Gasteiger partial charge in [-0.1, -0.05) is 34.6 Å². The Kier molecular flexibility index (Phi) is 46.9. The minimum atomic E-state index is -8.95. The number of aliphatic carboxylic acids is 1. The number of aliphatic hydroxyl groups excluding tert-OH is 2. The average Bonchev–Trinajstić information content (AvgIpc) is 2.85. The van der Waals surface area contributed by atoms with E-state index in [0.717, 1.165) is 0 Å². The fourth-order valence-corrected chi connectivity index (χ4v) is 3.38. The first-order chi connectivity index (χ1) is 19.4. The third kappa shape index (κ3) is 17.6. The predicted molar refractivity (Wildman–Crippen MR) is 125 cm³/mol. The van der Waals surface area contributed by atoms with Crippen LogP contribution in [0.15, 0.2) is 0 Å². The van der Waals surface area contributed by atoms with E-state index in [1.165, 1.54) is 0 Å². The van der Waals surface area contributed by atoms with Crippen LogP contribution >= 0.6 is 0 Å². The second-order valence-corrected chi connectivity index (χ2v) is 11.4. The number of aliphatic hydroxyl groups is 2. The summed E-state index contributed by atoms with van der Waals surface area (Å²) in [6, 6.07) is 0. The zero-order valence-electron chi connectivity index (χ0n) is 27.1. The number of halogens is 21. The quantitative estimate of drug-likeness (QED) is 0.170. The second-order valence-electron chi connectivity index (χ2n) is 9.42. The molecule has 7 N–H and O–H groups in total. The van der Waals surface area contributed by atoms with Crippen molar-refractivity contribution in [2.24, 2.45) is 11.8 Å². The van der Waals surface area contributed by atoms with Crippen molar-refractivity contribution in [2.75, 3.05) is 26.3 Å². The van der Waals surface area contributed by atoms with E-state index in [-0.39, 0.29) is 101 Å². The molecule has 336 valence electrons. The summed E-state index contributed by atoms with van der Waals surface area (Å²) in [6.45, 7) is 4.81. The summed E-state index contributed by atoms with van der Waals surface area (Å²) in [5.41, 5.74) is 0. The van der Waals surface area contributed by atoms with Crippen LogP contribution in [-0.2, 0) is 49.5 Å². The van der Waals surface area contributed by atoms with Crippen molar-refractivity contribution in [3.63, 3.8) is 0 Å². The molecule has 0 heterocycles. The van der Waals surface area contributed by atoms with Crippen molar-refractivity contribution >= 4 is 16.0 Å². The molecule has 0 aromatic rings. The van der Waals surface area contributed by atoms with Crippen LogP contribution in [0.3, 0.4) is 0 Å². The van der Waals surface area contributed by atoms with Gasteiger partial charge in [0.25, 0.3) is 10.0 Å². The van der Waals surface area contributed by atoms with E-state index in [2.05, 4.69) is 0 Å². The van der Waals surface area contributed by atoms with Crippen LogP contribution in [-0.4, -0.2) is 119 Å². The van der Waals surface area contributed by atoms with Crippen LogP contribution in [0, 0.1) is 11.8 Å². The number of rotatable bonds is 13. The van der Waals surface area contributed by atoms with Gasteiger partial charge in [-0.15, -0.1) is 0 Å². The summed E-state index contributed by atoms with van der Waals surface area (Å²) in [7, 11) is -7.62. The fraction of sp³-hybridized carbons (Fsp3) is 0.950. The molecule has 54 heavy (non-hydrogen) atoms. The average molecular weight is 1030 g/mol. The van der Waals surface area contributed by atoms with Gasteiger partial charge in [-0.25, -0.2) is 8.42 Å². The van der Waals surface area contributed by atoms with Crippen molar-refractivity contribution in [2.45, 2.75) is 81.6 Å². The van der Waals surface area contributed by atoms with Gasteiger partial charge in [0.15, 0.2) is 0 Å². The van der Waals surface area contributed by atoms with Gasteiger partial charge in [0.2, 0.25) is 0 Å². The third-order valence-corrected chi connectivity index (χ3v) is 6.72. The number of sulfonamides is 1.